The van der Waals surface area contributed by atoms with Crippen LogP contribution in [-0.2, 0) is 21.9 Å². The predicted octanol–water partition coefficient (Wildman–Crippen LogP) is 4.13. The van der Waals surface area contributed by atoms with E-state index in [4.69, 9.17) is 0 Å². The van der Waals surface area contributed by atoms with E-state index in [-0.39, 0.29) is 27.6 Å². The van der Waals surface area contributed by atoms with Crippen LogP contribution in [0.25, 0.3) is 0 Å². The summed E-state index contributed by atoms with van der Waals surface area (Å²) >= 11 is 0. The van der Waals surface area contributed by atoms with Gasteiger partial charge in [0.25, 0.3) is 15.9 Å². The third kappa shape index (κ3) is 4.97. The van der Waals surface area contributed by atoms with Crippen LogP contribution in [0, 0.1) is 5.82 Å². The summed E-state index contributed by atoms with van der Waals surface area (Å²) in [6.07, 6.45) is 3.22. The molecule has 0 bridgehead atoms. The molecule has 0 radical (unpaired) electrons. The molecular formula is C23H25FN2O3S. The number of rotatable bonds is 6. The van der Waals surface area contributed by atoms with E-state index in [1.54, 1.807) is 36.4 Å². The number of halogens is 1. The fourth-order valence-electron chi connectivity index (χ4n) is 2.98. The number of nitrogens with one attached hydrogen (secondary N) is 1. The lowest BCUT2D eigenvalue weighted by Gasteiger charge is -2.19. The smallest absolute Gasteiger partial charge is 0.267 e. The highest BCUT2D eigenvalue weighted by Crippen LogP contribution is 2.24. The number of amides is 1. The van der Waals surface area contributed by atoms with Gasteiger partial charge < -0.3 is 5.32 Å². The van der Waals surface area contributed by atoms with Crippen molar-refractivity contribution in [2.75, 3.05) is 6.54 Å². The summed E-state index contributed by atoms with van der Waals surface area (Å²) in [7, 11) is -3.78. The number of benzene rings is 2. The van der Waals surface area contributed by atoms with Crippen LogP contribution in [0.2, 0.25) is 0 Å². The molecule has 0 saturated carbocycles. The van der Waals surface area contributed by atoms with Gasteiger partial charge in [0, 0.05) is 18.9 Å². The van der Waals surface area contributed by atoms with Crippen molar-refractivity contribution < 1.29 is 17.6 Å². The number of nitrogens with zero attached hydrogens (tertiary/aromatic N) is 1. The van der Waals surface area contributed by atoms with E-state index in [1.807, 2.05) is 0 Å². The summed E-state index contributed by atoms with van der Waals surface area (Å²) < 4.78 is 39.7. The van der Waals surface area contributed by atoms with Gasteiger partial charge in [-0.15, -0.1) is 0 Å². The van der Waals surface area contributed by atoms with Gasteiger partial charge in [0.1, 0.15) is 5.82 Å². The van der Waals surface area contributed by atoms with Crippen molar-refractivity contribution in [2.24, 2.45) is 0 Å². The molecule has 0 aliphatic heterocycles. The maximum atomic E-state index is 12.9. The summed E-state index contributed by atoms with van der Waals surface area (Å²) in [6.45, 7) is 6.53. The van der Waals surface area contributed by atoms with Crippen molar-refractivity contribution in [3.63, 3.8) is 0 Å². The molecule has 1 heterocycles. The molecule has 158 valence electrons. The summed E-state index contributed by atoms with van der Waals surface area (Å²) in [5.74, 6) is -0.674. The fraction of sp³-hybridized carbons (Fsp3) is 0.261. The summed E-state index contributed by atoms with van der Waals surface area (Å²) in [5, 5.41) is 2.75. The number of carbonyl (C=O) groups is 1. The molecule has 0 aliphatic rings. The molecule has 1 aromatic heterocycles. The molecule has 0 saturated heterocycles. The summed E-state index contributed by atoms with van der Waals surface area (Å²) in [6, 6.07) is 14.3. The molecule has 0 unspecified atom stereocenters. The van der Waals surface area contributed by atoms with E-state index in [9.17, 15) is 17.6 Å². The molecule has 1 N–H and O–H groups in total. The van der Waals surface area contributed by atoms with Crippen LogP contribution >= 0.6 is 0 Å². The van der Waals surface area contributed by atoms with Crippen molar-refractivity contribution >= 4 is 15.9 Å². The molecule has 2 aromatic carbocycles. The minimum Gasteiger partial charge on any atom is -0.352 e. The zero-order valence-corrected chi connectivity index (χ0v) is 18.0. The minimum absolute atomic E-state index is 0.0745. The van der Waals surface area contributed by atoms with Gasteiger partial charge in [0.05, 0.1) is 10.5 Å². The minimum atomic E-state index is -3.78. The van der Waals surface area contributed by atoms with Crippen LogP contribution in [0.4, 0.5) is 4.39 Å². The number of carbonyl (C=O) groups excluding carboxylic acids is 1. The van der Waals surface area contributed by atoms with Crippen LogP contribution < -0.4 is 5.32 Å². The first-order valence-corrected chi connectivity index (χ1v) is 11.1. The van der Waals surface area contributed by atoms with Gasteiger partial charge in [-0.3, -0.25) is 4.79 Å². The maximum Gasteiger partial charge on any atom is 0.267 e. The first-order chi connectivity index (χ1) is 14.1. The molecule has 0 fully saturated rings. The number of hydrogen-bond acceptors (Lipinski definition) is 3. The maximum absolute atomic E-state index is 12.9. The highest BCUT2D eigenvalue weighted by Gasteiger charge is 2.20. The highest BCUT2D eigenvalue weighted by atomic mass is 32.2. The molecule has 0 spiro atoms. The first kappa shape index (κ1) is 21.8. The molecule has 0 aliphatic carbocycles. The Morgan fingerprint density at radius 3 is 2.23 bits per heavy atom. The van der Waals surface area contributed by atoms with Crippen LogP contribution in [0.15, 0.2) is 71.9 Å². The van der Waals surface area contributed by atoms with Gasteiger partial charge in [-0.2, -0.15) is 0 Å². The van der Waals surface area contributed by atoms with Crippen molar-refractivity contribution in [2.45, 2.75) is 37.5 Å². The van der Waals surface area contributed by atoms with Crippen LogP contribution in [0.3, 0.4) is 0 Å². The second-order valence-electron chi connectivity index (χ2n) is 8.14. The largest absolute Gasteiger partial charge is 0.352 e. The third-order valence-corrected chi connectivity index (χ3v) is 6.49. The average molecular weight is 429 g/mol. The van der Waals surface area contributed by atoms with Crippen LogP contribution in [-0.4, -0.2) is 24.8 Å². The van der Waals surface area contributed by atoms with E-state index < -0.39 is 10.0 Å². The Bertz CT molecular complexity index is 1130. The van der Waals surface area contributed by atoms with Gasteiger partial charge in [0.2, 0.25) is 0 Å². The Labute approximate surface area is 176 Å². The molecule has 3 rings (SSSR count). The van der Waals surface area contributed by atoms with Gasteiger partial charge in [-0.05, 0) is 53.3 Å². The predicted molar refractivity (Wildman–Crippen MR) is 115 cm³/mol. The molecule has 3 aromatic rings. The molecule has 5 nitrogen and oxygen atoms in total. The molecule has 0 atom stereocenters. The highest BCUT2D eigenvalue weighted by molar-refractivity contribution is 7.90. The van der Waals surface area contributed by atoms with Crippen LogP contribution in [0.5, 0.6) is 0 Å². The second kappa shape index (κ2) is 8.44. The Balaban J connectivity index is 1.66. The van der Waals surface area contributed by atoms with Crippen LogP contribution in [0.1, 0.15) is 42.3 Å². The summed E-state index contributed by atoms with van der Waals surface area (Å²) in [5.41, 5.74) is 2.12. The van der Waals surface area contributed by atoms with E-state index >= 15 is 0 Å². The van der Waals surface area contributed by atoms with Gasteiger partial charge >= 0.3 is 0 Å². The lowest BCUT2D eigenvalue weighted by atomic mass is 9.87. The second-order valence-corrected chi connectivity index (χ2v) is 9.99. The molecule has 30 heavy (non-hydrogen) atoms. The molecule has 1 amide bonds. The van der Waals surface area contributed by atoms with Crippen molar-refractivity contribution in [1.82, 2.24) is 9.29 Å². The van der Waals surface area contributed by atoms with E-state index in [0.29, 0.717) is 13.0 Å². The van der Waals surface area contributed by atoms with Gasteiger partial charge in [0.15, 0.2) is 0 Å². The monoisotopic (exact) mass is 428 g/mol. The zero-order valence-electron chi connectivity index (χ0n) is 17.2. The molecule has 7 heteroatoms. The van der Waals surface area contributed by atoms with E-state index in [1.165, 1.54) is 30.6 Å². The van der Waals surface area contributed by atoms with Crippen molar-refractivity contribution in [3.05, 3.63) is 89.5 Å². The van der Waals surface area contributed by atoms with E-state index in [0.717, 1.165) is 15.1 Å². The third-order valence-electron chi connectivity index (χ3n) is 4.84. The normalized spacial score (nSPS) is 12.0. The lowest BCUT2D eigenvalue weighted by molar-refractivity contribution is 0.0954. The standard InChI is InChI=1S/C23H25FN2O3S/c1-23(2,3)19-6-10-21(11-7-19)30(28,29)26-15-13-18(16-26)22(27)25-14-12-17-4-8-20(24)9-5-17/h4-11,13,15-16H,12,14H2,1-3H3,(H,25,27). The van der Waals surface area contributed by atoms with E-state index in [2.05, 4.69) is 26.1 Å². The first-order valence-electron chi connectivity index (χ1n) is 9.64. The Hall–Kier alpha value is -2.93. The van der Waals surface area contributed by atoms with Crippen molar-refractivity contribution in [1.29, 1.82) is 0 Å². The molecular weight excluding hydrogens is 403 g/mol. The fourth-order valence-corrected chi connectivity index (χ4v) is 4.18. The average Bonchev–Trinajstić information content (AvgIpc) is 3.20. The van der Waals surface area contributed by atoms with Gasteiger partial charge in [-0.1, -0.05) is 45.0 Å². The Morgan fingerprint density at radius 2 is 1.63 bits per heavy atom. The lowest BCUT2D eigenvalue weighted by Crippen LogP contribution is -2.25. The van der Waals surface area contributed by atoms with Gasteiger partial charge in [-0.25, -0.2) is 16.8 Å². The Kier molecular flexibility index (Phi) is 6.12. The number of hydrogen-bond donors (Lipinski definition) is 1. The SMILES string of the molecule is CC(C)(C)c1ccc(S(=O)(=O)n2ccc(C(=O)NCCc3ccc(F)cc3)c2)cc1. The van der Waals surface area contributed by atoms with Crippen molar-refractivity contribution in [3.8, 4) is 0 Å². The Morgan fingerprint density at radius 1 is 1.00 bits per heavy atom. The topological polar surface area (TPSA) is 68.2 Å². The zero-order chi connectivity index (χ0) is 21.9. The summed E-state index contributed by atoms with van der Waals surface area (Å²) in [4.78, 5) is 12.5. The quantitative estimate of drug-likeness (QED) is 0.642. The number of aromatic nitrogens is 1.